The first-order valence-corrected chi connectivity index (χ1v) is 4.36. The fourth-order valence-electron chi connectivity index (χ4n) is 0.807. The van der Waals surface area contributed by atoms with Gasteiger partial charge in [-0.15, -0.1) is 11.6 Å². The van der Waals surface area contributed by atoms with Crippen molar-refractivity contribution in [3.8, 4) is 5.75 Å². The summed E-state index contributed by atoms with van der Waals surface area (Å²) in [6.45, 7) is 0. The van der Waals surface area contributed by atoms with Crippen molar-refractivity contribution in [2.75, 3.05) is 5.88 Å². The first-order chi connectivity index (χ1) is 5.74. The minimum Gasteiger partial charge on any atom is -0.506 e. The van der Waals surface area contributed by atoms with Crippen LogP contribution in [-0.4, -0.2) is 11.0 Å². The Morgan fingerprint density at radius 2 is 2.17 bits per heavy atom. The molecule has 1 aromatic carbocycles. The van der Waals surface area contributed by atoms with Gasteiger partial charge in [-0.05, 0) is 17.7 Å². The molecule has 1 nitrogen and oxygen atoms in total. The van der Waals surface area contributed by atoms with Crippen molar-refractivity contribution in [2.24, 2.45) is 0 Å². The zero-order valence-electron chi connectivity index (χ0n) is 6.30. The zero-order chi connectivity index (χ0) is 8.97. The average molecular weight is 203 g/mol. The minimum atomic E-state index is 0.0969. The number of aromatic hydroxyl groups is 1. The number of alkyl halides is 1. The lowest BCUT2D eigenvalue weighted by molar-refractivity contribution is 0.475. The van der Waals surface area contributed by atoms with Crippen molar-refractivity contribution in [2.45, 2.75) is 0 Å². The summed E-state index contributed by atoms with van der Waals surface area (Å²) in [5.41, 5.74) is 0.929. The van der Waals surface area contributed by atoms with Crippen molar-refractivity contribution in [3.05, 3.63) is 34.9 Å². The molecule has 0 radical (unpaired) electrons. The second-order valence-corrected chi connectivity index (χ2v) is 2.98. The second kappa shape index (κ2) is 4.39. The molecule has 1 aromatic rings. The third kappa shape index (κ3) is 2.43. The van der Waals surface area contributed by atoms with Crippen LogP contribution in [0.5, 0.6) is 5.75 Å². The normalized spacial score (nSPS) is 10.8. The monoisotopic (exact) mass is 202 g/mol. The van der Waals surface area contributed by atoms with Crippen LogP contribution in [0.4, 0.5) is 0 Å². The van der Waals surface area contributed by atoms with Crippen LogP contribution in [0.3, 0.4) is 0 Å². The maximum atomic E-state index is 9.09. The van der Waals surface area contributed by atoms with E-state index in [9.17, 15) is 0 Å². The standard InChI is InChI=1S/C9H8Cl2O/c10-5-1-2-7-3-4-9(12)8(11)6-7/h1-4,6,12H,5H2. The number of allylic oxidation sites excluding steroid dienone is 1. The first kappa shape index (κ1) is 9.43. The molecule has 0 aromatic heterocycles. The number of hydrogen-bond donors (Lipinski definition) is 1. The van der Waals surface area contributed by atoms with Crippen LogP contribution in [0, 0.1) is 0 Å². The van der Waals surface area contributed by atoms with E-state index >= 15 is 0 Å². The molecular formula is C9H8Cl2O. The van der Waals surface area contributed by atoms with Gasteiger partial charge in [0, 0.05) is 5.88 Å². The molecule has 0 aliphatic rings. The van der Waals surface area contributed by atoms with Gasteiger partial charge in [0.25, 0.3) is 0 Å². The number of phenolic OH excluding ortho intramolecular Hbond substituents is 1. The fraction of sp³-hybridized carbons (Fsp3) is 0.111. The Bertz CT molecular complexity index is 295. The van der Waals surface area contributed by atoms with Gasteiger partial charge in [0.2, 0.25) is 0 Å². The number of benzene rings is 1. The molecular weight excluding hydrogens is 195 g/mol. The molecule has 3 heteroatoms. The molecule has 0 aliphatic carbocycles. The maximum absolute atomic E-state index is 9.09. The Morgan fingerprint density at radius 3 is 2.75 bits per heavy atom. The Morgan fingerprint density at radius 1 is 1.42 bits per heavy atom. The molecule has 0 amide bonds. The number of hydrogen-bond acceptors (Lipinski definition) is 1. The molecule has 0 saturated carbocycles. The van der Waals surface area contributed by atoms with Crippen LogP contribution in [0.15, 0.2) is 24.3 Å². The van der Waals surface area contributed by atoms with E-state index in [1.165, 1.54) is 0 Å². The lowest BCUT2D eigenvalue weighted by atomic mass is 10.2. The fourth-order valence-corrected chi connectivity index (χ4v) is 1.09. The van der Waals surface area contributed by atoms with Crippen molar-refractivity contribution in [3.63, 3.8) is 0 Å². The van der Waals surface area contributed by atoms with Gasteiger partial charge in [-0.3, -0.25) is 0 Å². The largest absolute Gasteiger partial charge is 0.506 e. The van der Waals surface area contributed by atoms with Gasteiger partial charge in [0.15, 0.2) is 0 Å². The SMILES string of the molecule is Oc1ccc(C=CCCl)cc1Cl. The Kier molecular flexibility index (Phi) is 3.45. The van der Waals surface area contributed by atoms with E-state index in [-0.39, 0.29) is 5.75 Å². The van der Waals surface area contributed by atoms with Crippen molar-refractivity contribution in [1.82, 2.24) is 0 Å². The zero-order valence-corrected chi connectivity index (χ0v) is 7.81. The van der Waals surface area contributed by atoms with Gasteiger partial charge in [-0.2, -0.15) is 0 Å². The van der Waals surface area contributed by atoms with Gasteiger partial charge in [0.05, 0.1) is 5.02 Å². The summed E-state index contributed by atoms with van der Waals surface area (Å²) >= 11 is 11.1. The molecule has 0 fully saturated rings. The van der Waals surface area contributed by atoms with E-state index in [2.05, 4.69) is 0 Å². The average Bonchev–Trinajstić information content (AvgIpc) is 2.07. The Labute approximate surface area is 81.2 Å². The van der Waals surface area contributed by atoms with Gasteiger partial charge in [0.1, 0.15) is 5.75 Å². The third-order valence-corrected chi connectivity index (χ3v) is 1.85. The van der Waals surface area contributed by atoms with Crippen molar-refractivity contribution < 1.29 is 5.11 Å². The van der Waals surface area contributed by atoms with Crippen LogP contribution in [0.1, 0.15) is 5.56 Å². The summed E-state index contributed by atoms with van der Waals surface area (Å²) in [6.07, 6.45) is 3.66. The molecule has 0 saturated heterocycles. The highest BCUT2D eigenvalue weighted by Crippen LogP contribution is 2.23. The summed E-state index contributed by atoms with van der Waals surface area (Å²) in [5, 5.41) is 9.44. The highest BCUT2D eigenvalue weighted by atomic mass is 35.5. The summed E-state index contributed by atoms with van der Waals surface area (Å²) in [5.74, 6) is 0.568. The molecule has 0 heterocycles. The van der Waals surface area contributed by atoms with E-state index in [0.29, 0.717) is 10.9 Å². The Balaban J connectivity index is 2.89. The van der Waals surface area contributed by atoms with Crippen LogP contribution in [-0.2, 0) is 0 Å². The number of halogens is 2. The molecule has 12 heavy (non-hydrogen) atoms. The van der Waals surface area contributed by atoms with E-state index in [0.717, 1.165) is 5.56 Å². The summed E-state index contributed by atoms with van der Waals surface area (Å²) < 4.78 is 0. The second-order valence-electron chi connectivity index (χ2n) is 2.27. The van der Waals surface area contributed by atoms with Crippen LogP contribution < -0.4 is 0 Å². The van der Waals surface area contributed by atoms with Gasteiger partial charge in [-0.25, -0.2) is 0 Å². The number of phenols is 1. The van der Waals surface area contributed by atoms with Gasteiger partial charge in [-0.1, -0.05) is 29.8 Å². The highest BCUT2D eigenvalue weighted by Gasteiger charge is 1.96. The molecule has 0 bridgehead atoms. The van der Waals surface area contributed by atoms with Crippen LogP contribution in [0.25, 0.3) is 6.08 Å². The van der Waals surface area contributed by atoms with Crippen molar-refractivity contribution in [1.29, 1.82) is 0 Å². The minimum absolute atomic E-state index is 0.0969. The van der Waals surface area contributed by atoms with E-state index < -0.39 is 0 Å². The molecule has 0 spiro atoms. The third-order valence-electron chi connectivity index (χ3n) is 1.37. The predicted molar refractivity (Wildman–Crippen MR) is 52.9 cm³/mol. The van der Waals surface area contributed by atoms with Gasteiger partial charge >= 0.3 is 0 Å². The Hall–Kier alpha value is -0.660. The molecule has 1 N–H and O–H groups in total. The molecule has 0 atom stereocenters. The van der Waals surface area contributed by atoms with Crippen molar-refractivity contribution >= 4 is 29.3 Å². The smallest absolute Gasteiger partial charge is 0.134 e. The lowest BCUT2D eigenvalue weighted by Gasteiger charge is -1.97. The van der Waals surface area contributed by atoms with Crippen LogP contribution in [0.2, 0.25) is 5.02 Å². The van der Waals surface area contributed by atoms with E-state index in [1.807, 2.05) is 12.2 Å². The van der Waals surface area contributed by atoms with Gasteiger partial charge < -0.3 is 5.11 Å². The summed E-state index contributed by atoms with van der Waals surface area (Å²) in [4.78, 5) is 0. The quantitative estimate of drug-likeness (QED) is 0.731. The highest BCUT2D eigenvalue weighted by molar-refractivity contribution is 6.32. The molecule has 0 aliphatic heterocycles. The van der Waals surface area contributed by atoms with E-state index in [1.54, 1.807) is 18.2 Å². The summed E-state index contributed by atoms with van der Waals surface area (Å²) in [6, 6.07) is 5.00. The van der Waals surface area contributed by atoms with E-state index in [4.69, 9.17) is 28.3 Å². The lowest BCUT2D eigenvalue weighted by Crippen LogP contribution is -1.73. The molecule has 64 valence electrons. The van der Waals surface area contributed by atoms with Crippen LogP contribution >= 0.6 is 23.2 Å². The maximum Gasteiger partial charge on any atom is 0.134 e. The summed E-state index contributed by atoms with van der Waals surface area (Å²) in [7, 11) is 0. The number of rotatable bonds is 2. The first-order valence-electron chi connectivity index (χ1n) is 3.45. The molecule has 1 rings (SSSR count). The topological polar surface area (TPSA) is 20.2 Å². The molecule has 0 unspecified atom stereocenters. The predicted octanol–water partition coefficient (Wildman–Crippen LogP) is 3.30.